The van der Waals surface area contributed by atoms with E-state index in [1.54, 1.807) is 13.8 Å². The van der Waals surface area contributed by atoms with Crippen LogP contribution in [-0.2, 0) is 0 Å². The van der Waals surface area contributed by atoms with Gasteiger partial charge in [-0.2, -0.15) is 0 Å². The second-order valence-corrected chi connectivity index (χ2v) is 3.90. The smallest absolute Gasteiger partial charge is 0.186 e. The van der Waals surface area contributed by atoms with Crippen LogP contribution >= 0.6 is 11.8 Å². The standard InChI is InChI=1S/C5H13N3OS/c1-5(2,9)10-3-8-4(6)7/h9H,3H2,1-2H3,(H4,6,7,8). The Hall–Kier alpha value is -0.420. The van der Waals surface area contributed by atoms with E-state index >= 15 is 0 Å². The SMILES string of the molecule is CC(C)(O)SCNC(=N)N. The molecular formula is C5H13N3OS. The van der Waals surface area contributed by atoms with Crippen LogP contribution in [-0.4, -0.2) is 21.9 Å². The lowest BCUT2D eigenvalue weighted by Gasteiger charge is -2.16. The summed E-state index contributed by atoms with van der Waals surface area (Å²) < 4.78 is 0. The molecule has 0 radical (unpaired) electrons. The van der Waals surface area contributed by atoms with Gasteiger partial charge in [-0.05, 0) is 13.8 Å². The molecule has 0 aliphatic carbocycles. The third kappa shape index (κ3) is 7.58. The molecule has 10 heavy (non-hydrogen) atoms. The van der Waals surface area contributed by atoms with Gasteiger partial charge in [0.05, 0.1) is 5.88 Å². The van der Waals surface area contributed by atoms with Gasteiger partial charge >= 0.3 is 0 Å². The number of thioether (sulfide) groups is 1. The molecule has 4 nitrogen and oxygen atoms in total. The second-order valence-electron chi connectivity index (χ2n) is 2.33. The summed E-state index contributed by atoms with van der Waals surface area (Å²) in [6.45, 7) is 3.36. The first-order valence-corrected chi connectivity index (χ1v) is 3.84. The van der Waals surface area contributed by atoms with E-state index in [0.29, 0.717) is 5.88 Å². The van der Waals surface area contributed by atoms with Gasteiger partial charge in [0.15, 0.2) is 5.96 Å². The van der Waals surface area contributed by atoms with Crippen molar-refractivity contribution in [2.24, 2.45) is 5.73 Å². The highest BCUT2D eigenvalue weighted by atomic mass is 32.2. The van der Waals surface area contributed by atoms with E-state index in [1.165, 1.54) is 11.8 Å². The number of hydrogen-bond acceptors (Lipinski definition) is 3. The highest BCUT2D eigenvalue weighted by molar-refractivity contribution is 8.00. The van der Waals surface area contributed by atoms with Crippen molar-refractivity contribution < 1.29 is 5.11 Å². The Bertz CT molecular complexity index is 121. The highest BCUT2D eigenvalue weighted by Gasteiger charge is 2.11. The van der Waals surface area contributed by atoms with E-state index in [2.05, 4.69) is 5.32 Å². The summed E-state index contributed by atoms with van der Waals surface area (Å²) in [6.07, 6.45) is 0. The lowest BCUT2D eigenvalue weighted by atomic mass is 10.5. The van der Waals surface area contributed by atoms with Crippen molar-refractivity contribution in [1.82, 2.24) is 5.32 Å². The van der Waals surface area contributed by atoms with Gasteiger partial charge in [0.2, 0.25) is 0 Å². The molecule has 5 heteroatoms. The van der Waals surface area contributed by atoms with Crippen LogP contribution < -0.4 is 11.1 Å². The normalized spacial score (nSPS) is 11.1. The molecule has 0 fully saturated rings. The molecule has 0 aromatic heterocycles. The number of rotatable bonds is 3. The zero-order valence-corrected chi connectivity index (χ0v) is 6.96. The molecule has 0 aromatic carbocycles. The summed E-state index contributed by atoms with van der Waals surface area (Å²) in [6, 6.07) is 0. The first kappa shape index (κ1) is 9.58. The molecule has 0 bridgehead atoms. The molecular weight excluding hydrogens is 150 g/mol. The number of hydrogen-bond donors (Lipinski definition) is 4. The van der Waals surface area contributed by atoms with E-state index < -0.39 is 4.93 Å². The van der Waals surface area contributed by atoms with Gasteiger partial charge in [-0.1, -0.05) is 0 Å². The fraction of sp³-hybridized carbons (Fsp3) is 0.800. The van der Waals surface area contributed by atoms with E-state index in [-0.39, 0.29) is 5.96 Å². The summed E-state index contributed by atoms with van der Waals surface area (Å²) in [5.41, 5.74) is 5.00. The summed E-state index contributed by atoms with van der Waals surface area (Å²) in [4.78, 5) is -0.761. The molecule has 0 rings (SSSR count). The maximum absolute atomic E-state index is 9.14. The average Bonchev–Trinajstić information content (AvgIpc) is 1.59. The summed E-state index contributed by atoms with van der Waals surface area (Å²) >= 11 is 1.29. The lowest BCUT2D eigenvalue weighted by Crippen LogP contribution is -2.31. The number of nitrogens with one attached hydrogen (secondary N) is 2. The van der Waals surface area contributed by atoms with Gasteiger partial charge in [0.1, 0.15) is 4.93 Å². The first-order valence-electron chi connectivity index (χ1n) is 2.86. The fourth-order valence-electron chi connectivity index (χ4n) is 0.290. The molecule has 0 aliphatic rings. The highest BCUT2D eigenvalue weighted by Crippen LogP contribution is 2.18. The van der Waals surface area contributed by atoms with Crippen LogP contribution in [0.1, 0.15) is 13.8 Å². The Morgan fingerprint density at radius 3 is 2.60 bits per heavy atom. The van der Waals surface area contributed by atoms with Gasteiger partial charge in [-0.15, -0.1) is 11.8 Å². The summed E-state index contributed by atoms with van der Waals surface area (Å²) in [7, 11) is 0. The average molecular weight is 163 g/mol. The molecule has 5 N–H and O–H groups in total. The largest absolute Gasteiger partial charge is 0.380 e. The van der Waals surface area contributed by atoms with Gasteiger partial charge in [-0.25, -0.2) is 0 Å². The van der Waals surface area contributed by atoms with Crippen LogP contribution in [0, 0.1) is 5.41 Å². The summed E-state index contributed by atoms with van der Waals surface area (Å²) in [5.74, 6) is 0.385. The van der Waals surface area contributed by atoms with Gasteiger partial charge in [0, 0.05) is 0 Å². The predicted octanol–water partition coefficient (Wildman–Crippen LogP) is -0.111. The summed E-state index contributed by atoms with van der Waals surface area (Å²) in [5, 5.41) is 18.5. The van der Waals surface area contributed by atoms with E-state index in [4.69, 9.17) is 16.2 Å². The molecule has 0 unspecified atom stereocenters. The third-order valence-electron chi connectivity index (χ3n) is 0.688. The fourth-order valence-corrected chi connectivity index (χ4v) is 0.871. The van der Waals surface area contributed by atoms with Crippen LogP contribution in [0.2, 0.25) is 0 Å². The van der Waals surface area contributed by atoms with Crippen molar-refractivity contribution >= 4 is 17.7 Å². The third-order valence-corrected chi connectivity index (χ3v) is 1.68. The van der Waals surface area contributed by atoms with Crippen molar-refractivity contribution in [3.63, 3.8) is 0 Å². The zero-order valence-electron chi connectivity index (χ0n) is 6.14. The molecule has 0 spiro atoms. The number of aliphatic hydroxyl groups is 1. The zero-order chi connectivity index (χ0) is 8.20. The first-order chi connectivity index (χ1) is 4.42. The minimum absolute atomic E-state index is 0.0725. The molecule has 0 amide bonds. The molecule has 0 saturated heterocycles. The second kappa shape index (κ2) is 3.68. The predicted molar refractivity (Wildman–Crippen MR) is 43.8 cm³/mol. The Labute approximate surface area is 64.7 Å². The van der Waals surface area contributed by atoms with Crippen LogP contribution in [0.15, 0.2) is 0 Å². The van der Waals surface area contributed by atoms with Crippen molar-refractivity contribution in [2.45, 2.75) is 18.8 Å². The van der Waals surface area contributed by atoms with Gasteiger partial charge < -0.3 is 16.2 Å². The monoisotopic (exact) mass is 163 g/mol. The van der Waals surface area contributed by atoms with E-state index in [1.807, 2.05) is 0 Å². The van der Waals surface area contributed by atoms with Crippen molar-refractivity contribution in [1.29, 1.82) is 5.41 Å². The van der Waals surface area contributed by atoms with E-state index in [0.717, 1.165) is 0 Å². The topological polar surface area (TPSA) is 82.1 Å². The van der Waals surface area contributed by atoms with Crippen molar-refractivity contribution in [3.05, 3.63) is 0 Å². The van der Waals surface area contributed by atoms with Gasteiger partial charge in [-0.3, -0.25) is 5.41 Å². The molecule has 0 saturated carbocycles. The van der Waals surface area contributed by atoms with E-state index in [9.17, 15) is 0 Å². The minimum atomic E-state index is -0.761. The molecule has 0 heterocycles. The molecule has 0 aromatic rings. The molecule has 60 valence electrons. The lowest BCUT2D eigenvalue weighted by molar-refractivity contribution is 0.179. The van der Waals surface area contributed by atoms with Gasteiger partial charge in [0.25, 0.3) is 0 Å². The Morgan fingerprint density at radius 1 is 1.80 bits per heavy atom. The van der Waals surface area contributed by atoms with Crippen LogP contribution in [0.3, 0.4) is 0 Å². The Morgan fingerprint density at radius 2 is 2.30 bits per heavy atom. The molecule has 0 aliphatic heterocycles. The van der Waals surface area contributed by atoms with Crippen molar-refractivity contribution in [3.8, 4) is 0 Å². The number of nitrogens with two attached hydrogens (primary N) is 1. The van der Waals surface area contributed by atoms with Crippen LogP contribution in [0.5, 0.6) is 0 Å². The van der Waals surface area contributed by atoms with Crippen LogP contribution in [0.25, 0.3) is 0 Å². The quantitative estimate of drug-likeness (QED) is 0.266. The van der Waals surface area contributed by atoms with Crippen molar-refractivity contribution in [2.75, 3.05) is 5.88 Å². The molecule has 0 atom stereocenters. The Balaban J connectivity index is 3.29. The number of guanidine groups is 1. The maximum Gasteiger partial charge on any atom is 0.186 e. The minimum Gasteiger partial charge on any atom is -0.380 e. The van der Waals surface area contributed by atoms with Crippen LogP contribution in [0.4, 0.5) is 0 Å². The Kier molecular flexibility index (Phi) is 3.52. The maximum atomic E-state index is 9.14.